The van der Waals surface area contributed by atoms with Crippen LogP contribution in [0.25, 0.3) is 0 Å². The summed E-state index contributed by atoms with van der Waals surface area (Å²) in [5.74, 6) is 0. The van der Waals surface area contributed by atoms with Crippen molar-refractivity contribution in [1.82, 2.24) is 0 Å². The molecule has 0 saturated carbocycles. The maximum absolute atomic E-state index is 2.49. The number of hydrogen-bond donors (Lipinski definition) is 0. The molecule has 0 aliphatic rings. The third kappa shape index (κ3) is 14.2. The van der Waals surface area contributed by atoms with Gasteiger partial charge in [-0.05, 0) is 32.6 Å². The van der Waals surface area contributed by atoms with Gasteiger partial charge in [-0.3, -0.25) is 0 Å². The van der Waals surface area contributed by atoms with Crippen LogP contribution in [0.2, 0.25) is 0 Å². The zero-order chi connectivity index (χ0) is 14.9. The lowest BCUT2D eigenvalue weighted by Crippen LogP contribution is -2.01. The predicted molar refractivity (Wildman–Crippen MR) is 96.4 cm³/mol. The van der Waals surface area contributed by atoms with Gasteiger partial charge < -0.3 is 0 Å². The molecule has 0 nitrogen and oxygen atoms in total. The van der Waals surface area contributed by atoms with Crippen molar-refractivity contribution >= 4 is 14.1 Å². The molecule has 0 heterocycles. The molecule has 0 aromatic carbocycles. The summed E-state index contributed by atoms with van der Waals surface area (Å²) in [6.45, 7) is 6.69. The van der Waals surface area contributed by atoms with Crippen molar-refractivity contribution in [2.45, 2.75) is 85.0 Å². The van der Waals surface area contributed by atoms with Gasteiger partial charge >= 0.3 is 14.1 Å². The Hall–Kier alpha value is -0.248. The third-order valence-electron chi connectivity index (χ3n) is 3.58. The second kappa shape index (κ2) is 16.8. The lowest BCUT2D eigenvalue weighted by atomic mass is 10.2. The summed E-state index contributed by atoms with van der Waals surface area (Å²) in [5, 5.41) is 0. The molecule has 0 bridgehead atoms. The summed E-state index contributed by atoms with van der Waals surface area (Å²) >= 11 is -0.893. The highest BCUT2D eigenvalue weighted by molar-refractivity contribution is 6.74. The molecular weight excluding hydrogens is 255 g/mol. The Labute approximate surface area is 132 Å². The van der Waals surface area contributed by atoms with E-state index in [0.717, 1.165) is 0 Å². The molecule has 1 heteroatoms. The number of rotatable bonds is 13. The van der Waals surface area contributed by atoms with Gasteiger partial charge in [-0.1, -0.05) is 52.4 Å². The molecule has 0 atom stereocenters. The fraction of sp³-hybridized carbons (Fsp3) is 0.684. The van der Waals surface area contributed by atoms with E-state index in [1.165, 1.54) is 64.2 Å². The van der Waals surface area contributed by atoms with Crippen molar-refractivity contribution in [1.29, 1.82) is 0 Å². The summed E-state index contributed by atoms with van der Waals surface area (Å²) < 4.78 is 0. The fourth-order valence-electron chi connectivity index (χ4n) is 2.30. The first-order valence-electron chi connectivity index (χ1n) is 8.81. The molecule has 0 amide bonds. The van der Waals surface area contributed by atoms with Crippen molar-refractivity contribution in [3.05, 3.63) is 33.0 Å². The Morgan fingerprint density at radius 2 is 1.15 bits per heavy atom. The van der Waals surface area contributed by atoms with Crippen LogP contribution in [0, 0.1) is 0 Å². The van der Waals surface area contributed by atoms with E-state index in [1.807, 2.05) is 0 Å². The van der Waals surface area contributed by atoms with Crippen molar-refractivity contribution in [3.8, 4) is 0 Å². The van der Waals surface area contributed by atoms with Gasteiger partial charge in [0.1, 0.15) is 0 Å². The molecule has 0 aromatic rings. The highest BCUT2D eigenvalue weighted by Gasteiger charge is 2.02. The Morgan fingerprint density at radius 3 is 1.55 bits per heavy atom. The quantitative estimate of drug-likeness (QED) is 0.260. The molecule has 20 heavy (non-hydrogen) atoms. The van der Waals surface area contributed by atoms with Crippen LogP contribution in [0.15, 0.2) is 33.0 Å². The van der Waals surface area contributed by atoms with Gasteiger partial charge in [0.05, 0.1) is 0 Å². The maximum atomic E-state index is 2.49. The average Bonchev–Trinajstić information content (AvgIpc) is 2.46. The Morgan fingerprint density at radius 1 is 0.650 bits per heavy atom. The van der Waals surface area contributed by atoms with E-state index in [4.69, 9.17) is 0 Å². The smallest absolute Gasteiger partial charge is 0.140 e. The van der Waals surface area contributed by atoms with Crippen LogP contribution in [0.1, 0.15) is 85.0 Å². The van der Waals surface area contributed by atoms with Crippen LogP contribution in [0.3, 0.4) is 0 Å². The van der Waals surface area contributed by atoms with E-state index in [1.54, 1.807) is 0 Å². The lowest BCUT2D eigenvalue weighted by molar-refractivity contribution is 0.674. The summed E-state index contributed by atoms with van der Waals surface area (Å²) in [7, 11) is 0. The van der Waals surface area contributed by atoms with E-state index in [2.05, 4.69) is 53.8 Å². The molecule has 0 aliphatic carbocycles. The zero-order valence-electron chi connectivity index (χ0n) is 14.1. The molecule has 114 valence electrons. The van der Waals surface area contributed by atoms with Gasteiger partial charge in [0.25, 0.3) is 0 Å². The second-order valence-corrected chi connectivity index (χ2v) is 7.97. The summed E-state index contributed by atoms with van der Waals surface area (Å²) in [6.07, 6.45) is 20.6. The van der Waals surface area contributed by atoms with Gasteiger partial charge in [-0.25, -0.2) is 0 Å². The van der Waals surface area contributed by atoms with Crippen molar-refractivity contribution < 1.29 is 0 Å². The minimum Gasteiger partial charge on any atom is -0.140 e. The van der Waals surface area contributed by atoms with E-state index >= 15 is 0 Å². The highest BCUT2D eigenvalue weighted by atomic mass is 27.2. The summed E-state index contributed by atoms with van der Waals surface area (Å²) in [5.41, 5.74) is 0. The van der Waals surface area contributed by atoms with Crippen molar-refractivity contribution in [2.24, 2.45) is 0 Å². The number of hydrogen-bond acceptors (Lipinski definition) is 0. The first-order valence-corrected chi connectivity index (χ1v) is 10.8. The van der Waals surface area contributed by atoms with Crippen LogP contribution in [0.5, 0.6) is 0 Å². The van der Waals surface area contributed by atoms with Crippen LogP contribution >= 0.6 is 0 Å². The van der Waals surface area contributed by atoms with Gasteiger partial charge in [0, 0.05) is 0 Å². The fourth-order valence-corrected chi connectivity index (χ4v) is 4.14. The van der Waals surface area contributed by atoms with Crippen molar-refractivity contribution in [2.75, 3.05) is 0 Å². The van der Waals surface area contributed by atoms with Crippen LogP contribution in [0.4, 0.5) is 0 Å². The monoisotopic (exact) mass is 290 g/mol. The summed E-state index contributed by atoms with van der Waals surface area (Å²) in [4.78, 5) is 7.41. The van der Waals surface area contributed by atoms with Crippen molar-refractivity contribution in [3.63, 3.8) is 0 Å². The van der Waals surface area contributed by atoms with Gasteiger partial charge in [0.15, 0.2) is 0 Å². The van der Waals surface area contributed by atoms with E-state index < -0.39 is 14.1 Å². The molecular formula is C19H35Al. The maximum Gasteiger partial charge on any atom is 0.358 e. The Balaban J connectivity index is 3.84. The van der Waals surface area contributed by atoms with Gasteiger partial charge in [-0.2, -0.15) is 0 Å². The zero-order valence-corrected chi connectivity index (χ0v) is 15.3. The normalized spacial score (nSPS) is 12.2. The van der Waals surface area contributed by atoms with Gasteiger partial charge in [-0.15, -0.1) is 33.0 Å². The Kier molecular flexibility index (Phi) is 16.6. The molecule has 0 aromatic heterocycles. The molecule has 0 unspecified atom stereocenters. The first kappa shape index (κ1) is 19.8. The first-order chi connectivity index (χ1) is 9.85. The molecule has 0 N–H and O–H groups in total. The van der Waals surface area contributed by atoms with E-state index in [9.17, 15) is 0 Å². The van der Waals surface area contributed by atoms with Gasteiger partial charge in [0.2, 0.25) is 0 Å². The molecule has 0 saturated heterocycles. The topological polar surface area (TPSA) is 0 Å². The summed E-state index contributed by atoms with van der Waals surface area (Å²) in [6, 6.07) is 0. The van der Waals surface area contributed by atoms with Crippen LogP contribution in [-0.4, -0.2) is 14.1 Å². The molecule has 0 rings (SSSR count). The standard InChI is InChI=1S/2C8H15.C3H5.Al/c2*1-3-5-7-8-6-4-2;1-3-2;/h2*1,3H,4-8H2,2H3;1,3H,2H3;. The second-order valence-electron chi connectivity index (χ2n) is 5.66. The molecule has 0 spiro atoms. The lowest BCUT2D eigenvalue weighted by Gasteiger charge is -1.97. The van der Waals surface area contributed by atoms with Crippen LogP contribution in [-0.2, 0) is 0 Å². The predicted octanol–water partition coefficient (Wildman–Crippen LogP) is 6.73. The minimum atomic E-state index is -0.893. The molecule has 0 radical (unpaired) electrons. The SMILES string of the molecule is CC=[CH][Al]([CH]=CCCCCCC)[CH]=CCCCCCC. The molecule has 0 fully saturated rings. The minimum absolute atomic E-state index is 0.893. The average molecular weight is 290 g/mol. The van der Waals surface area contributed by atoms with E-state index in [-0.39, 0.29) is 0 Å². The Bertz CT molecular complexity index is 241. The largest absolute Gasteiger partial charge is 0.358 e. The molecule has 0 aliphatic heterocycles. The third-order valence-corrected chi connectivity index (χ3v) is 5.84. The van der Waals surface area contributed by atoms with Crippen LogP contribution < -0.4 is 0 Å². The highest BCUT2D eigenvalue weighted by Crippen LogP contribution is 2.05. The van der Waals surface area contributed by atoms with E-state index in [0.29, 0.717) is 0 Å². The number of allylic oxidation sites excluding steroid dienone is 3. The number of unbranched alkanes of at least 4 members (excludes halogenated alkanes) is 8.